The highest BCUT2D eigenvalue weighted by molar-refractivity contribution is 6.31. The summed E-state index contributed by atoms with van der Waals surface area (Å²) < 4.78 is 10.7. The van der Waals surface area contributed by atoms with Crippen LogP contribution in [0.25, 0.3) is 0 Å². The summed E-state index contributed by atoms with van der Waals surface area (Å²) >= 11 is 5.74. The summed E-state index contributed by atoms with van der Waals surface area (Å²) in [4.78, 5) is 21.6. The molecule has 0 unspecified atom stereocenters. The molecule has 7 nitrogen and oxygen atoms in total. The quantitative estimate of drug-likeness (QED) is 0.454. The number of aryl methyl sites for hydroxylation is 2. The predicted molar refractivity (Wildman–Crippen MR) is 117 cm³/mol. The number of nitrogens with two attached hydrogens (primary N) is 2. The molecule has 0 fully saturated rings. The number of hydrogen-bond acceptors (Lipinski definition) is 5. The first kappa shape index (κ1) is 24.6. The van der Waals surface area contributed by atoms with Gasteiger partial charge in [-0.25, -0.2) is 4.79 Å². The summed E-state index contributed by atoms with van der Waals surface area (Å²) in [7, 11) is 1.57. The third-order valence-corrected chi connectivity index (χ3v) is 3.98. The Bertz CT molecular complexity index is 937. The number of benzene rings is 2. The second-order valence-corrected chi connectivity index (χ2v) is 6.67. The molecule has 0 atom stereocenters. The van der Waals surface area contributed by atoms with E-state index in [4.69, 9.17) is 37.6 Å². The van der Waals surface area contributed by atoms with Gasteiger partial charge in [-0.15, -0.1) is 0 Å². The number of ether oxygens (including phenoxy) is 2. The zero-order valence-electron chi connectivity index (χ0n) is 17.0. The van der Waals surface area contributed by atoms with E-state index in [2.05, 4.69) is 0 Å². The molecule has 1 amide bonds. The summed E-state index contributed by atoms with van der Waals surface area (Å²) in [6.07, 6.45) is 2.54. The summed E-state index contributed by atoms with van der Waals surface area (Å²) in [5, 5.41) is 8.69. The molecule has 0 aromatic heterocycles. The molecule has 0 radical (unpaired) electrons. The van der Waals surface area contributed by atoms with Crippen molar-refractivity contribution in [3.05, 3.63) is 82.0 Å². The number of aromatic carboxylic acids is 1. The zero-order chi connectivity index (χ0) is 22.7. The van der Waals surface area contributed by atoms with Crippen molar-refractivity contribution >= 4 is 23.5 Å². The van der Waals surface area contributed by atoms with Crippen molar-refractivity contribution in [2.75, 3.05) is 13.7 Å². The molecular weight excluding hydrogens is 408 g/mol. The van der Waals surface area contributed by atoms with E-state index in [1.807, 2.05) is 26.0 Å². The topological polar surface area (TPSA) is 125 Å². The van der Waals surface area contributed by atoms with Crippen LogP contribution in [-0.4, -0.2) is 30.7 Å². The van der Waals surface area contributed by atoms with Gasteiger partial charge in [0, 0.05) is 12.3 Å². The van der Waals surface area contributed by atoms with Crippen LogP contribution in [-0.2, 0) is 4.79 Å². The average Bonchev–Trinajstić information content (AvgIpc) is 2.71. The maximum Gasteiger partial charge on any atom is 0.335 e. The van der Waals surface area contributed by atoms with Crippen LogP contribution >= 0.6 is 11.6 Å². The average molecular weight is 433 g/mol. The van der Waals surface area contributed by atoms with Crippen LogP contribution in [0.3, 0.4) is 0 Å². The standard InChI is InChI=1S/C14H17ClN2O3.C8H8O2/c1-9-3-12(19-2)6-13(4-9)20-8-10(14(17)18)5-11(15)7-16;1-6-2-4-7(5-3-6)8(9)10/h3-7H,8,16H2,1-2H3,(H2,17,18);2-5H,1H3,(H,9,10)/b10-5+,11-7+;. The SMILES string of the molecule is COc1cc(C)cc(OC/C(=C\C(Cl)=C/N)C(N)=O)c1.Cc1ccc(C(=O)O)cc1. The molecule has 0 bridgehead atoms. The van der Waals surface area contributed by atoms with E-state index in [1.54, 1.807) is 37.4 Å². The Kier molecular flexibility index (Phi) is 9.99. The Balaban J connectivity index is 0.000000375. The minimum Gasteiger partial charge on any atom is -0.497 e. The molecule has 2 rings (SSSR count). The summed E-state index contributed by atoms with van der Waals surface area (Å²) in [5.41, 5.74) is 13.1. The third-order valence-electron chi connectivity index (χ3n) is 3.74. The zero-order valence-corrected chi connectivity index (χ0v) is 17.8. The van der Waals surface area contributed by atoms with Crippen LogP contribution in [0.15, 0.2) is 65.3 Å². The van der Waals surface area contributed by atoms with E-state index >= 15 is 0 Å². The van der Waals surface area contributed by atoms with E-state index in [0.717, 1.165) is 11.1 Å². The molecule has 2 aromatic rings. The van der Waals surface area contributed by atoms with Gasteiger partial charge in [-0.1, -0.05) is 29.3 Å². The first-order chi connectivity index (χ1) is 14.2. The molecule has 0 aliphatic heterocycles. The second-order valence-electron chi connectivity index (χ2n) is 6.23. The first-order valence-electron chi connectivity index (χ1n) is 8.82. The molecule has 0 saturated heterocycles. The molecule has 0 saturated carbocycles. The van der Waals surface area contributed by atoms with Gasteiger partial charge >= 0.3 is 5.97 Å². The Morgan fingerprint density at radius 2 is 1.67 bits per heavy atom. The van der Waals surface area contributed by atoms with Crippen LogP contribution in [0, 0.1) is 13.8 Å². The summed E-state index contributed by atoms with van der Waals surface area (Å²) in [6.45, 7) is 3.83. The molecular formula is C22H25ClN2O5. The number of primary amides is 1. The van der Waals surface area contributed by atoms with Gasteiger partial charge < -0.3 is 26.0 Å². The highest BCUT2D eigenvalue weighted by Gasteiger charge is 2.08. The van der Waals surface area contributed by atoms with Crippen molar-refractivity contribution < 1.29 is 24.2 Å². The normalized spacial score (nSPS) is 11.2. The highest BCUT2D eigenvalue weighted by Crippen LogP contribution is 2.22. The monoisotopic (exact) mass is 432 g/mol. The van der Waals surface area contributed by atoms with Gasteiger partial charge in [0.05, 0.1) is 23.3 Å². The molecule has 30 heavy (non-hydrogen) atoms. The molecule has 8 heteroatoms. The third kappa shape index (κ3) is 8.70. The van der Waals surface area contributed by atoms with E-state index in [-0.39, 0.29) is 17.2 Å². The molecule has 0 aliphatic carbocycles. The van der Waals surface area contributed by atoms with Gasteiger partial charge in [0.2, 0.25) is 5.91 Å². The fourth-order valence-corrected chi connectivity index (χ4v) is 2.30. The minimum absolute atomic E-state index is 0.00794. The lowest BCUT2D eigenvalue weighted by Gasteiger charge is -2.10. The lowest BCUT2D eigenvalue weighted by molar-refractivity contribution is -0.114. The smallest absolute Gasteiger partial charge is 0.335 e. The number of carboxylic acid groups (broad SMARTS) is 1. The number of halogens is 1. The van der Waals surface area contributed by atoms with E-state index in [9.17, 15) is 9.59 Å². The number of hydrogen-bond donors (Lipinski definition) is 3. The maximum absolute atomic E-state index is 11.3. The molecule has 0 heterocycles. The van der Waals surface area contributed by atoms with Crippen LogP contribution in [0.5, 0.6) is 11.5 Å². The van der Waals surface area contributed by atoms with Crippen LogP contribution in [0.1, 0.15) is 21.5 Å². The van der Waals surface area contributed by atoms with Gasteiger partial charge in [0.1, 0.15) is 18.1 Å². The van der Waals surface area contributed by atoms with E-state index < -0.39 is 11.9 Å². The molecule has 0 aliphatic rings. The fourth-order valence-electron chi connectivity index (χ4n) is 2.17. The molecule has 2 aromatic carbocycles. The number of carboxylic acids is 1. The maximum atomic E-state index is 11.3. The van der Waals surface area contributed by atoms with Gasteiger partial charge in [-0.05, 0) is 49.8 Å². The number of amides is 1. The largest absolute Gasteiger partial charge is 0.497 e. The predicted octanol–water partition coefficient (Wildman–Crippen LogP) is 3.53. The van der Waals surface area contributed by atoms with Gasteiger partial charge in [-0.2, -0.15) is 0 Å². The lowest BCUT2D eigenvalue weighted by atomic mass is 10.2. The summed E-state index contributed by atoms with van der Waals surface area (Å²) in [6, 6.07) is 12.2. The molecule has 0 spiro atoms. The van der Waals surface area contributed by atoms with Crippen molar-refractivity contribution in [2.24, 2.45) is 11.5 Å². The Hall–Kier alpha value is -3.45. The fraction of sp³-hybridized carbons (Fsp3) is 0.182. The van der Waals surface area contributed by atoms with Crippen LogP contribution in [0.4, 0.5) is 0 Å². The number of allylic oxidation sites excluding steroid dienone is 2. The Morgan fingerprint density at radius 3 is 2.17 bits per heavy atom. The minimum atomic E-state index is -0.875. The highest BCUT2D eigenvalue weighted by atomic mass is 35.5. The Morgan fingerprint density at radius 1 is 1.07 bits per heavy atom. The molecule has 160 valence electrons. The van der Waals surface area contributed by atoms with Gasteiger partial charge in [0.15, 0.2) is 0 Å². The van der Waals surface area contributed by atoms with E-state index in [0.29, 0.717) is 17.1 Å². The Labute approximate surface area is 180 Å². The van der Waals surface area contributed by atoms with Crippen molar-refractivity contribution in [1.29, 1.82) is 0 Å². The van der Waals surface area contributed by atoms with Crippen molar-refractivity contribution in [3.8, 4) is 11.5 Å². The van der Waals surface area contributed by atoms with Gasteiger partial charge in [0.25, 0.3) is 0 Å². The number of methoxy groups -OCH3 is 1. The number of rotatable bonds is 7. The van der Waals surface area contributed by atoms with Crippen molar-refractivity contribution in [2.45, 2.75) is 13.8 Å². The first-order valence-corrected chi connectivity index (χ1v) is 9.20. The van der Waals surface area contributed by atoms with Crippen molar-refractivity contribution in [1.82, 2.24) is 0 Å². The van der Waals surface area contributed by atoms with Crippen molar-refractivity contribution in [3.63, 3.8) is 0 Å². The van der Waals surface area contributed by atoms with E-state index in [1.165, 1.54) is 12.3 Å². The van der Waals surface area contributed by atoms with Crippen LogP contribution < -0.4 is 20.9 Å². The number of carbonyl (C=O) groups is 2. The lowest BCUT2D eigenvalue weighted by Crippen LogP contribution is -2.19. The second kappa shape index (κ2) is 12.2. The summed E-state index contributed by atoms with van der Waals surface area (Å²) in [5.74, 6) is -0.254. The van der Waals surface area contributed by atoms with Crippen LogP contribution in [0.2, 0.25) is 0 Å². The number of carbonyl (C=O) groups excluding carboxylic acids is 1. The molecule has 5 N–H and O–H groups in total. The van der Waals surface area contributed by atoms with Gasteiger partial charge in [-0.3, -0.25) is 4.79 Å².